The molecule has 1 aromatic carbocycles. The second-order valence-corrected chi connectivity index (χ2v) is 6.37. The van der Waals surface area contributed by atoms with Crippen LogP contribution in [0.4, 0.5) is 4.79 Å². The normalized spacial score (nSPS) is 19.3. The van der Waals surface area contributed by atoms with E-state index in [4.69, 9.17) is 4.74 Å². The van der Waals surface area contributed by atoms with E-state index in [2.05, 4.69) is 10.3 Å². The summed E-state index contributed by atoms with van der Waals surface area (Å²) in [6.45, 7) is 3.44. The summed E-state index contributed by atoms with van der Waals surface area (Å²) in [4.78, 5) is 18.5. The number of phenolic OH excluding ortho intramolecular Hbond substituents is 1. The Labute approximate surface area is 138 Å². The number of nitrogens with one attached hydrogen (secondary N) is 1. The Bertz CT molecular complexity index is 662. The first-order chi connectivity index (χ1) is 11.1. The van der Waals surface area contributed by atoms with Gasteiger partial charge in [-0.25, -0.2) is 9.78 Å². The highest BCUT2D eigenvalue weighted by molar-refractivity contribution is 7.09. The third-order valence-electron chi connectivity index (χ3n) is 3.79. The number of benzene rings is 1. The molecule has 2 heterocycles. The number of urea groups is 1. The third kappa shape index (κ3) is 3.80. The molecule has 2 aromatic rings. The molecule has 1 aliphatic heterocycles. The van der Waals surface area contributed by atoms with Crippen molar-refractivity contribution >= 4 is 17.4 Å². The summed E-state index contributed by atoms with van der Waals surface area (Å²) in [6.07, 6.45) is 1.58. The molecule has 0 radical (unpaired) electrons. The van der Waals surface area contributed by atoms with Gasteiger partial charge in [-0.15, -0.1) is 11.3 Å². The number of phenols is 1. The summed E-state index contributed by atoms with van der Waals surface area (Å²) in [5, 5.41) is 15.3. The predicted molar refractivity (Wildman–Crippen MR) is 87.4 cm³/mol. The highest BCUT2D eigenvalue weighted by atomic mass is 32.1. The van der Waals surface area contributed by atoms with Gasteiger partial charge in [-0.3, -0.25) is 0 Å². The molecule has 0 aliphatic carbocycles. The van der Waals surface area contributed by atoms with E-state index in [1.807, 2.05) is 18.4 Å². The lowest BCUT2D eigenvalue weighted by Gasteiger charge is -2.33. The third-order valence-corrected chi connectivity index (χ3v) is 4.66. The summed E-state index contributed by atoms with van der Waals surface area (Å²) >= 11 is 1.53. The maximum Gasteiger partial charge on any atom is 0.318 e. The first-order valence-corrected chi connectivity index (χ1v) is 8.37. The number of aromatic hydroxyl groups is 1. The van der Waals surface area contributed by atoms with Crippen molar-refractivity contribution in [2.45, 2.75) is 19.1 Å². The minimum absolute atomic E-state index is 0.134. The molecule has 1 aliphatic rings. The van der Waals surface area contributed by atoms with Crippen LogP contribution in [0.25, 0.3) is 0 Å². The Kier molecular flexibility index (Phi) is 4.78. The van der Waals surface area contributed by atoms with Gasteiger partial charge in [0, 0.05) is 18.1 Å². The number of nitrogens with zero attached hydrogens (tertiary/aromatic N) is 2. The van der Waals surface area contributed by atoms with Crippen LogP contribution < -0.4 is 5.32 Å². The minimum atomic E-state index is -0.184. The summed E-state index contributed by atoms with van der Waals surface area (Å²) in [5.41, 5.74) is 0.864. The lowest BCUT2D eigenvalue weighted by atomic mass is 10.1. The fourth-order valence-electron chi connectivity index (χ4n) is 2.53. The lowest BCUT2D eigenvalue weighted by molar-refractivity contribution is -0.0158. The highest BCUT2D eigenvalue weighted by Crippen LogP contribution is 2.24. The molecule has 1 aromatic heterocycles. The first-order valence-electron chi connectivity index (χ1n) is 7.49. The van der Waals surface area contributed by atoms with Gasteiger partial charge >= 0.3 is 6.03 Å². The van der Waals surface area contributed by atoms with E-state index in [-0.39, 0.29) is 23.9 Å². The van der Waals surface area contributed by atoms with Crippen LogP contribution in [0.3, 0.4) is 0 Å². The molecule has 2 N–H and O–H groups in total. The molecule has 0 unspecified atom stereocenters. The summed E-state index contributed by atoms with van der Waals surface area (Å²) in [5.74, 6) is 0.193. The number of carbonyl (C=O) groups excluding carboxylic acids is 1. The maximum absolute atomic E-state index is 12.5. The zero-order valence-electron chi connectivity index (χ0n) is 12.8. The molecule has 3 rings (SSSR count). The second kappa shape index (κ2) is 6.97. The average molecular weight is 333 g/mol. The number of ether oxygens (including phenoxy) is 1. The Morgan fingerprint density at radius 1 is 1.57 bits per heavy atom. The Hall–Kier alpha value is -2.12. The van der Waals surface area contributed by atoms with E-state index in [9.17, 15) is 9.90 Å². The second-order valence-electron chi connectivity index (χ2n) is 5.44. The van der Waals surface area contributed by atoms with E-state index in [1.54, 1.807) is 29.3 Å². The number of hydrogen-bond donors (Lipinski definition) is 2. The van der Waals surface area contributed by atoms with Crippen molar-refractivity contribution < 1.29 is 14.6 Å². The average Bonchev–Trinajstić information content (AvgIpc) is 3.09. The van der Waals surface area contributed by atoms with Crippen LogP contribution >= 0.6 is 11.3 Å². The van der Waals surface area contributed by atoms with Crippen molar-refractivity contribution in [3.05, 3.63) is 46.4 Å². The van der Waals surface area contributed by atoms with Crippen molar-refractivity contribution in [2.24, 2.45) is 0 Å². The van der Waals surface area contributed by atoms with Crippen LogP contribution in [-0.2, 0) is 4.74 Å². The predicted octanol–water partition coefficient (Wildman–Crippen LogP) is 2.69. The van der Waals surface area contributed by atoms with E-state index in [1.165, 1.54) is 11.3 Å². The maximum atomic E-state index is 12.5. The fraction of sp³-hybridized carbons (Fsp3) is 0.375. The highest BCUT2D eigenvalue weighted by Gasteiger charge is 2.27. The van der Waals surface area contributed by atoms with Crippen molar-refractivity contribution in [2.75, 3.05) is 19.7 Å². The summed E-state index contributed by atoms with van der Waals surface area (Å²) in [6, 6.07) is 6.59. The molecule has 2 atom stereocenters. The van der Waals surface area contributed by atoms with Crippen LogP contribution in [-0.4, -0.2) is 40.7 Å². The van der Waals surface area contributed by atoms with Gasteiger partial charge in [0.05, 0.1) is 19.2 Å². The zero-order valence-corrected chi connectivity index (χ0v) is 13.6. The standard InChI is InChI=1S/C16H19N3O3S/c1-11(12-3-2-4-13(20)9-12)18-16(21)19-6-7-22-14(10-19)15-17-5-8-23-15/h2-5,8-9,11,14,20H,6-7,10H2,1H3,(H,18,21)/t11-,14-/m1/s1. The Morgan fingerprint density at radius 3 is 3.17 bits per heavy atom. The van der Waals surface area contributed by atoms with E-state index in [0.29, 0.717) is 19.7 Å². The van der Waals surface area contributed by atoms with Gasteiger partial charge in [-0.1, -0.05) is 12.1 Å². The van der Waals surface area contributed by atoms with Crippen LogP contribution in [0.15, 0.2) is 35.8 Å². The molecular formula is C16H19N3O3S. The molecule has 1 saturated heterocycles. The molecular weight excluding hydrogens is 314 g/mol. The molecule has 122 valence electrons. The summed E-state index contributed by atoms with van der Waals surface area (Å²) in [7, 11) is 0. The van der Waals surface area contributed by atoms with Gasteiger partial charge in [0.25, 0.3) is 0 Å². The van der Waals surface area contributed by atoms with Crippen molar-refractivity contribution in [3.63, 3.8) is 0 Å². The quantitative estimate of drug-likeness (QED) is 0.905. The smallest absolute Gasteiger partial charge is 0.318 e. The van der Waals surface area contributed by atoms with Crippen LogP contribution in [0, 0.1) is 0 Å². The minimum Gasteiger partial charge on any atom is -0.508 e. The number of amides is 2. The van der Waals surface area contributed by atoms with Crippen LogP contribution in [0.1, 0.15) is 29.6 Å². The fourth-order valence-corrected chi connectivity index (χ4v) is 3.21. The molecule has 0 saturated carbocycles. The van der Waals surface area contributed by atoms with E-state index in [0.717, 1.165) is 10.6 Å². The molecule has 0 bridgehead atoms. The molecule has 2 amide bonds. The summed E-state index contributed by atoms with van der Waals surface area (Å²) < 4.78 is 5.70. The van der Waals surface area contributed by atoms with Gasteiger partial charge in [-0.2, -0.15) is 0 Å². The van der Waals surface area contributed by atoms with Crippen LogP contribution in [0.5, 0.6) is 5.75 Å². The largest absolute Gasteiger partial charge is 0.508 e. The van der Waals surface area contributed by atoms with Gasteiger partial charge < -0.3 is 20.1 Å². The molecule has 23 heavy (non-hydrogen) atoms. The molecule has 7 heteroatoms. The van der Waals surface area contributed by atoms with E-state index < -0.39 is 0 Å². The van der Waals surface area contributed by atoms with Crippen molar-refractivity contribution in [1.82, 2.24) is 15.2 Å². The number of aromatic nitrogens is 1. The number of carbonyl (C=O) groups is 1. The van der Waals surface area contributed by atoms with Gasteiger partial charge in [0.1, 0.15) is 16.9 Å². The SMILES string of the molecule is C[C@@H](NC(=O)N1CCO[C@@H](c2nccs2)C1)c1cccc(O)c1. The number of hydrogen-bond acceptors (Lipinski definition) is 5. The topological polar surface area (TPSA) is 74.7 Å². The number of morpholine rings is 1. The Morgan fingerprint density at radius 2 is 2.43 bits per heavy atom. The van der Waals surface area contributed by atoms with Crippen molar-refractivity contribution in [3.8, 4) is 5.75 Å². The monoisotopic (exact) mass is 333 g/mol. The van der Waals surface area contributed by atoms with Crippen molar-refractivity contribution in [1.29, 1.82) is 0 Å². The number of thiazole rings is 1. The zero-order chi connectivity index (χ0) is 16.2. The van der Waals surface area contributed by atoms with Gasteiger partial charge in [-0.05, 0) is 24.6 Å². The van der Waals surface area contributed by atoms with Gasteiger partial charge in [0.15, 0.2) is 0 Å². The molecule has 1 fully saturated rings. The molecule has 0 spiro atoms. The lowest BCUT2D eigenvalue weighted by Crippen LogP contribution is -2.47. The van der Waals surface area contributed by atoms with Gasteiger partial charge in [0.2, 0.25) is 0 Å². The van der Waals surface area contributed by atoms with E-state index >= 15 is 0 Å². The first kappa shape index (κ1) is 15.8. The Balaban J connectivity index is 1.61. The number of rotatable bonds is 3. The molecule has 6 nitrogen and oxygen atoms in total. The van der Waals surface area contributed by atoms with Crippen LogP contribution in [0.2, 0.25) is 0 Å².